The largest absolute Gasteiger partial charge is 0.383 e. The first-order valence-corrected chi connectivity index (χ1v) is 7.17. The highest BCUT2D eigenvalue weighted by Gasteiger charge is 2.07. The second-order valence-corrected chi connectivity index (χ2v) is 5.25. The lowest BCUT2D eigenvalue weighted by atomic mass is 10.1. The van der Waals surface area contributed by atoms with Crippen molar-refractivity contribution >= 4 is 11.3 Å². The van der Waals surface area contributed by atoms with Crippen molar-refractivity contribution in [3.63, 3.8) is 0 Å². The minimum atomic E-state index is 0.639. The summed E-state index contributed by atoms with van der Waals surface area (Å²) in [5.74, 6) is 0. The van der Waals surface area contributed by atoms with Crippen molar-refractivity contribution in [3.05, 3.63) is 34.8 Å². The molecular formula is C14H16N4OS. The molecule has 0 radical (unpaired) electrons. The third-order valence-corrected chi connectivity index (χ3v) is 3.74. The molecule has 2 rings (SSSR count). The molecule has 0 bridgehead atoms. The van der Waals surface area contributed by atoms with Gasteiger partial charge in [0.15, 0.2) is 0 Å². The minimum absolute atomic E-state index is 0.639. The lowest BCUT2D eigenvalue weighted by Crippen LogP contribution is -2.21. The van der Waals surface area contributed by atoms with Gasteiger partial charge in [-0.1, -0.05) is 23.5 Å². The van der Waals surface area contributed by atoms with Crippen LogP contribution in [0.4, 0.5) is 0 Å². The lowest BCUT2D eigenvalue weighted by molar-refractivity contribution is 0.199. The summed E-state index contributed by atoms with van der Waals surface area (Å²) in [5.41, 5.74) is 1.58. The number of benzene rings is 1. The summed E-state index contributed by atoms with van der Waals surface area (Å²) >= 11 is 1.57. The molecule has 1 aromatic heterocycles. The zero-order valence-electron chi connectivity index (χ0n) is 11.3. The molecule has 1 heterocycles. The summed E-state index contributed by atoms with van der Waals surface area (Å²) in [6.45, 7) is 2.41. The van der Waals surface area contributed by atoms with Crippen molar-refractivity contribution in [1.82, 2.24) is 15.5 Å². The second-order valence-electron chi connectivity index (χ2n) is 4.19. The molecule has 0 spiro atoms. The maximum absolute atomic E-state index is 8.90. The van der Waals surface area contributed by atoms with Gasteiger partial charge in [-0.05, 0) is 12.1 Å². The summed E-state index contributed by atoms with van der Waals surface area (Å²) in [7, 11) is 1.69. The van der Waals surface area contributed by atoms with E-state index in [4.69, 9.17) is 10.00 Å². The highest BCUT2D eigenvalue weighted by atomic mass is 32.1. The van der Waals surface area contributed by atoms with E-state index < -0.39 is 0 Å². The zero-order chi connectivity index (χ0) is 14.2. The smallest absolute Gasteiger partial charge is 0.147 e. The number of aromatic nitrogens is 2. The highest BCUT2D eigenvalue weighted by Crippen LogP contribution is 2.24. The molecule has 20 heavy (non-hydrogen) atoms. The van der Waals surface area contributed by atoms with Gasteiger partial charge in [0, 0.05) is 32.2 Å². The molecule has 0 saturated carbocycles. The Labute approximate surface area is 122 Å². The molecule has 0 amide bonds. The van der Waals surface area contributed by atoms with Crippen LogP contribution >= 0.6 is 11.3 Å². The van der Waals surface area contributed by atoms with Crippen LogP contribution < -0.4 is 5.32 Å². The zero-order valence-corrected chi connectivity index (χ0v) is 12.1. The number of nitrogens with one attached hydrogen (secondary N) is 1. The molecule has 0 unspecified atom stereocenters. The Morgan fingerprint density at radius 1 is 1.35 bits per heavy atom. The van der Waals surface area contributed by atoms with Crippen LogP contribution in [0.25, 0.3) is 10.6 Å². The Hall–Kier alpha value is -1.81. The van der Waals surface area contributed by atoms with Gasteiger partial charge in [-0.15, -0.1) is 10.2 Å². The fourth-order valence-corrected chi connectivity index (χ4v) is 2.52. The monoisotopic (exact) mass is 288 g/mol. The van der Waals surface area contributed by atoms with Crippen molar-refractivity contribution in [2.24, 2.45) is 0 Å². The summed E-state index contributed by atoms with van der Waals surface area (Å²) in [6, 6.07) is 9.56. The average Bonchev–Trinajstić information content (AvgIpc) is 2.96. The van der Waals surface area contributed by atoms with Crippen molar-refractivity contribution in [2.45, 2.75) is 6.42 Å². The van der Waals surface area contributed by atoms with Crippen molar-refractivity contribution < 1.29 is 4.74 Å². The van der Waals surface area contributed by atoms with Gasteiger partial charge < -0.3 is 10.1 Å². The predicted molar refractivity (Wildman–Crippen MR) is 78.5 cm³/mol. The van der Waals surface area contributed by atoms with Crippen LogP contribution in [0, 0.1) is 11.3 Å². The number of ether oxygens (including phenoxy) is 1. The summed E-state index contributed by atoms with van der Waals surface area (Å²) in [5, 5.41) is 22.4. The van der Waals surface area contributed by atoms with E-state index in [1.165, 1.54) is 0 Å². The fourth-order valence-electron chi connectivity index (χ4n) is 1.69. The molecule has 0 aliphatic rings. The molecular weight excluding hydrogens is 272 g/mol. The summed E-state index contributed by atoms with van der Waals surface area (Å²) in [4.78, 5) is 0. The molecule has 5 nitrogen and oxygen atoms in total. The Morgan fingerprint density at radius 3 is 3.05 bits per heavy atom. The molecule has 104 valence electrons. The summed E-state index contributed by atoms with van der Waals surface area (Å²) < 4.78 is 4.96. The highest BCUT2D eigenvalue weighted by molar-refractivity contribution is 7.14. The number of rotatable bonds is 7. The quantitative estimate of drug-likeness (QED) is 0.787. The Morgan fingerprint density at radius 2 is 2.25 bits per heavy atom. The first-order chi connectivity index (χ1) is 9.83. The Kier molecular flexibility index (Phi) is 5.62. The van der Waals surface area contributed by atoms with Crippen LogP contribution in [0.1, 0.15) is 10.6 Å². The average molecular weight is 288 g/mol. The normalized spacial score (nSPS) is 10.4. The van der Waals surface area contributed by atoms with Gasteiger partial charge in [0.25, 0.3) is 0 Å². The van der Waals surface area contributed by atoms with Crippen LogP contribution in [0.2, 0.25) is 0 Å². The van der Waals surface area contributed by atoms with E-state index in [9.17, 15) is 0 Å². The van der Waals surface area contributed by atoms with Crippen LogP contribution in [-0.2, 0) is 11.2 Å². The summed E-state index contributed by atoms with van der Waals surface area (Å²) in [6.07, 6.45) is 0.847. The topological polar surface area (TPSA) is 70.8 Å². The Bertz CT molecular complexity index is 591. The Balaban J connectivity index is 1.93. The molecule has 0 aliphatic heterocycles. The van der Waals surface area contributed by atoms with Crippen LogP contribution in [-0.4, -0.2) is 37.0 Å². The van der Waals surface area contributed by atoms with Gasteiger partial charge in [0.1, 0.15) is 10.0 Å². The van der Waals surface area contributed by atoms with Crippen molar-refractivity contribution in [1.29, 1.82) is 5.26 Å². The van der Waals surface area contributed by atoms with Gasteiger partial charge in [-0.2, -0.15) is 5.26 Å². The second kappa shape index (κ2) is 7.70. The SMILES string of the molecule is COCCNCCc1nnc(-c2cccc(C#N)c2)s1. The van der Waals surface area contributed by atoms with E-state index in [1.54, 1.807) is 24.5 Å². The van der Waals surface area contributed by atoms with Crippen molar-refractivity contribution in [2.75, 3.05) is 26.8 Å². The molecule has 1 aromatic carbocycles. The van der Waals surface area contributed by atoms with E-state index in [2.05, 4.69) is 21.6 Å². The van der Waals surface area contributed by atoms with Gasteiger partial charge >= 0.3 is 0 Å². The van der Waals surface area contributed by atoms with Gasteiger partial charge in [-0.25, -0.2) is 0 Å². The van der Waals surface area contributed by atoms with Gasteiger partial charge in [-0.3, -0.25) is 0 Å². The predicted octanol–water partition coefficient (Wildman–Crippen LogP) is 1.86. The molecule has 0 saturated heterocycles. The van der Waals surface area contributed by atoms with E-state index in [0.29, 0.717) is 12.2 Å². The molecule has 0 atom stereocenters. The number of methoxy groups -OCH3 is 1. The first kappa shape index (κ1) is 14.6. The minimum Gasteiger partial charge on any atom is -0.383 e. The van der Waals surface area contributed by atoms with E-state index in [0.717, 1.165) is 35.1 Å². The maximum atomic E-state index is 8.90. The molecule has 1 N–H and O–H groups in total. The maximum Gasteiger partial charge on any atom is 0.147 e. The molecule has 0 aliphatic carbocycles. The molecule has 6 heteroatoms. The third-order valence-electron chi connectivity index (χ3n) is 2.70. The fraction of sp³-hybridized carbons (Fsp3) is 0.357. The van der Waals surface area contributed by atoms with Crippen LogP contribution in [0.3, 0.4) is 0 Å². The van der Waals surface area contributed by atoms with Gasteiger partial charge in [0.05, 0.1) is 18.2 Å². The van der Waals surface area contributed by atoms with Crippen LogP contribution in [0.5, 0.6) is 0 Å². The number of nitriles is 1. The number of hydrogen-bond acceptors (Lipinski definition) is 6. The first-order valence-electron chi connectivity index (χ1n) is 6.36. The van der Waals surface area contributed by atoms with Crippen LogP contribution in [0.15, 0.2) is 24.3 Å². The molecule has 0 fully saturated rings. The third kappa shape index (κ3) is 4.10. The van der Waals surface area contributed by atoms with Gasteiger partial charge in [0.2, 0.25) is 0 Å². The van der Waals surface area contributed by atoms with E-state index in [1.807, 2.05) is 18.2 Å². The van der Waals surface area contributed by atoms with Crippen molar-refractivity contribution in [3.8, 4) is 16.6 Å². The molecule has 2 aromatic rings. The lowest BCUT2D eigenvalue weighted by Gasteiger charge is -2.00. The van der Waals surface area contributed by atoms with E-state index >= 15 is 0 Å². The standard InChI is InChI=1S/C14H16N4OS/c1-19-8-7-16-6-5-13-17-18-14(20-13)12-4-2-3-11(9-12)10-15/h2-4,9,16H,5-8H2,1H3. The number of nitrogens with zero attached hydrogens (tertiary/aromatic N) is 3. The van der Waals surface area contributed by atoms with E-state index in [-0.39, 0.29) is 0 Å². The number of hydrogen-bond donors (Lipinski definition) is 1.